The number of hydrogen-bond donors (Lipinski definition) is 4. The Labute approximate surface area is 309 Å². The van der Waals surface area contributed by atoms with Crippen LogP contribution in [0.1, 0.15) is 36.8 Å². The summed E-state index contributed by atoms with van der Waals surface area (Å²) < 4.78 is 0. The molecule has 2 aromatic carbocycles. The summed E-state index contributed by atoms with van der Waals surface area (Å²) in [5, 5.41) is 23.9. The highest BCUT2D eigenvalue weighted by molar-refractivity contribution is 8.18. The Morgan fingerprint density at radius 2 is 1.26 bits per heavy atom. The quantitative estimate of drug-likeness (QED) is 0.202. The van der Waals surface area contributed by atoms with Crippen LogP contribution in [0.4, 0.5) is 21.2 Å². The Morgan fingerprint density at radius 1 is 0.717 bits per heavy atom. The lowest BCUT2D eigenvalue weighted by molar-refractivity contribution is -0.142. The molecule has 4 fully saturated rings. The van der Waals surface area contributed by atoms with E-state index in [0.717, 1.165) is 59.4 Å². The molecule has 2 aromatic heterocycles. The number of aromatic nitrogens is 4. The van der Waals surface area contributed by atoms with Crippen LogP contribution in [0.15, 0.2) is 58.9 Å². The van der Waals surface area contributed by atoms with E-state index in [4.69, 9.17) is 0 Å². The molecule has 2 atom stereocenters. The van der Waals surface area contributed by atoms with Crippen molar-refractivity contribution in [3.05, 3.63) is 70.0 Å². The number of carbonyl (C=O) groups excluding carboxylic acids is 4. The van der Waals surface area contributed by atoms with Crippen LogP contribution < -0.4 is 20.4 Å². The number of benzene rings is 2. The van der Waals surface area contributed by atoms with Gasteiger partial charge in [0.15, 0.2) is 0 Å². The molecule has 4 N–H and O–H groups in total. The normalized spacial score (nSPS) is 21.7. The fourth-order valence-electron chi connectivity index (χ4n) is 6.57. The van der Waals surface area contributed by atoms with Crippen molar-refractivity contribution in [1.82, 2.24) is 30.6 Å². The van der Waals surface area contributed by atoms with Gasteiger partial charge < -0.3 is 20.0 Å². The SMILES string of the molecule is O=C1NC(=O)C(=Cc2ccc3ncnc(N4CCCC(C(=O)O)C4)c3c2)S1.O=C1NC(=O)C(=Cc2ccc3ncnc(N4CCCC4C(=O)O)c3c2)S1. The monoisotopic (exact) mass is 754 g/mol. The molecular weight excluding hydrogens is 725 g/mol. The zero-order valence-electron chi connectivity index (χ0n) is 27.7. The number of rotatable bonds is 6. The van der Waals surface area contributed by atoms with Crippen molar-refractivity contribution >= 4 is 103 Å². The number of carbonyl (C=O) groups is 6. The van der Waals surface area contributed by atoms with E-state index in [1.54, 1.807) is 29.2 Å². The van der Waals surface area contributed by atoms with Gasteiger partial charge in [0.2, 0.25) is 0 Å². The van der Waals surface area contributed by atoms with Gasteiger partial charge in [-0.05, 0) is 96.8 Å². The van der Waals surface area contributed by atoms with E-state index in [2.05, 4.69) is 30.6 Å². The summed E-state index contributed by atoms with van der Waals surface area (Å²) >= 11 is 1.71. The Kier molecular flexibility index (Phi) is 10.1. The minimum Gasteiger partial charge on any atom is -0.481 e. The van der Waals surface area contributed by atoms with E-state index in [-0.39, 0.29) is 5.24 Å². The zero-order valence-corrected chi connectivity index (χ0v) is 29.4. The number of anilines is 2. The number of aliphatic carboxylic acids is 2. The number of amides is 4. The lowest BCUT2D eigenvalue weighted by Crippen LogP contribution is -2.39. The lowest BCUT2D eigenvalue weighted by Gasteiger charge is -2.32. The second-order valence-electron chi connectivity index (χ2n) is 12.5. The van der Waals surface area contributed by atoms with Crippen molar-refractivity contribution < 1.29 is 39.0 Å². The van der Waals surface area contributed by atoms with E-state index in [1.165, 1.54) is 12.7 Å². The van der Waals surface area contributed by atoms with Crippen LogP contribution >= 0.6 is 23.5 Å². The molecule has 8 rings (SSSR count). The molecule has 6 heterocycles. The second-order valence-corrected chi connectivity index (χ2v) is 14.5. The van der Waals surface area contributed by atoms with Gasteiger partial charge in [0, 0.05) is 30.4 Å². The van der Waals surface area contributed by atoms with Crippen LogP contribution in [-0.4, -0.2) is 90.1 Å². The molecule has 0 saturated carbocycles. The predicted molar refractivity (Wildman–Crippen MR) is 198 cm³/mol. The molecule has 4 amide bonds. The molecule has 4 saturated heterocycles. The van der Waals surface area contributed by atoms with E-state index < -0.39 is 41.0 Å². The number of nitrogens with zero attached hydrogens (tertiary/aromatic N) is 6. The molecule has 0 spiro atoms. The summed E-state index contributed by atoms with van der Waals surface area (Å²) in [5.41, 5.74) is 2.89. The fraction of sp³-hybridized carbons (Fsp3) is 0.257. The van der Waals surface area contributed by atoms with Gasteiger partial charge in [0.1, 0.15) is 30.3 Å². The standard InChI is InChI=1S/C18H16N4O4S.C17H14N4O4S/c23-16-14(27-18(26)21-16)7-10-3-4-13-12(6-10)15(20-9-19-13)22-5-1-2-11(8-22)17(24)25;22-15-13(26-17(25)20-15)7-9-3-4-11-10(6-9)14(19-8-18-11)21-5-1-2-12(21)16(23)24/h3-4,6-7,9,11H,1-2,5,8H2,(H,24,25)(H,21,23,26);3-4,6-8,12H,1-2,5H2,(H,23,24)(H,20,22,25). The maximum absolute atomic E-state index is 11.8. The van der Waals surface area contributed by atoms with Crippen LogP contribution in [0.25, 0.3) is 34.0 Å². The van der Waals surface area contributed by atoms with Gasteiger partial charge in [-0.2, -0.15) is 0 Å². The highest BCUT2D eigenvalue weighted by Gasteiger charge is 2.33. The van der Waals surface area contributed by atoms with Gasteiger partial charge in [0.25, 0.3) is 22.3 Å². The highest BCUT2D eigenvalue weighted by atomic mass is 32.2. The summed E-state index contributed by atoms with van der Waals surface area (Å²) in [4.78, 5) is 90.6. The van der Waals surface area contributed by atoms with Crippen molar-refractivity contribution in [2.45, 2.75) is 31.7 Å². The molecule has 0 bridgehead atoms. The van der Waals surface area contributed by atoms with Gasteiger partial charge in [-0.15, -0.1) is 0 Å². The van der Waals surface area contributed by atoms with Crippen molar-refractivity contribution in [3.63, 3.8) is 0 Å². The fourth-order valence-corrected chi connectivity index (χ4v) is 7.94. The van der Waals surface area contributed by atoms with E-state index >= 15 is 0 Å². The Morgan fingerprint density at radius 3 is 1.79 bits per heavy atom. The van der Waals surface area contributed by atoms with Gasteiger partial charge in [0.05, 0.1) is 26.8 Å². The van der Waals surface area contributed by atoms with Gasteiger partial charge >= 0.3 is 11.9 Å². The summed E-state index contributed by atoms with van der Waals surface area (Å²) in [6.07, 6.45) is 8.97. The Hall–Kier alpha value is -5.88. The van der Waals surface area contributed by atoms with Crippen LogP contribution in [0, 0.1) is 5.92 Å². The molecule has 16 nitrogen and oxygen atoms in total. The first kappa shape index (κ1) is 35.5. The van der Waals surface area contributed by atoms with E-state index in [9.17, 15) is 39.0 Å². The first-order valence-electron chi connectivity index (χ1n) is 16.5. The Balaban J connectivity index is 0.000000164. The topological polar surface area (TPSA) is 225 Å². The summed E-state index contributed by atoms with van der Waals surface area (Å²) in [6, 6.07) is 10.3. The minimum atomic E-state index is -0.870. The second kappa shape index (κ2) is 15.0. The van der Waals surface area contributed by atoms with Crippen LogP contribution in [0.2, 0.25) is 0 Å². The third-order valence-corrected chi connectivity index (χ3v) is 10.7. The third-order valence-electron chi connectivity index (χ3n) is 9.04. The van der Waals surface area contributed by atoms with Crippen molar-refractivity contribution in [1.29, 1.82) is 0 Å². The molecule has 0 aliphatic carbocycles. The average molecular weight is 755 g/mol. The number of thioether (sulfide) groups is 2. The predicted octanol–water partition coefficient (Wildman–Crippen LogP) is 4.26. The highest BCUT2D eigenvalue weighted by Crippen LogP contribution is 2.33. The molecule has 4 aliphatic rings. The van der Waals surface area contributed by atoms with Crippen LogP contribution in [0.5, 0.6) is 0 Å². The number of nitrogens with one attached hydrogen (secondary N) is 2. The summed E-state index contributed by atoms with van der Waals surface area (Å²) in [5.74, 6) is -1.66. The molecule has 18 heteroatoms. The molecule has 0 radical (unpaired) electrons. The maximum atomic E-state index is 11.8. The van der Waals surface area contributed by atoms with Crippen LogP contribution in [0.3, 0.4) is 0 Å². The maximum Gasteiger partial charge on any atom is 0.326 e. The van der Waals surface area contributed by atoms with Crippen molar-refractivity contribution in [2.75, 3.05) is 29.4 Å². The number of fused-ring (bicyclic) bond motifs is 2. The number of carboxylic acid groups (broad SMARTS) is 2. The van der Waals surface area contributed by atoms with Gasteiger partial charge in [-0.25, -0.2) is 24.7 Å². The number of imide groups is 2. The first-order valence-corrected chi connectivity index (χ1v) is 18.1. The number of hydrogen-bond acceptors (Lipinski definition) is 14. The van der Waals surface area contributed by atoms with Crippen molar-refractivity contribution in [3.8, 4) is 0 Å². The largest absolute Gasteiger partial charge is 0.481 e. The number of piperidine rings is 1. The Bertz CT molecular complexity index is 2280. The molecule has 53 heavy (non-hydrogen) atoms. The van der Waals surface area contributed by atoms with E-state index in [0.29, 0.717) is 63.8 Å². The molecule has 4 aliphatic heterocycles. The smallest absolute Gasteiger partial charge is 0.326 e. The molecule has 4 aromatic rings. The third kappa shape index (κ3) is 7.68. The number of carboxylic acids is 2. The van der Waals surface area contributed by atoms with Crippen LogP contribution in [-0.2, 0) is 19.2 Å². The molecule has 2 unspecified atom stereocenters. The van der Waals surface area contributed by atoms with Gasteiger partial charge in [-0.3, -0.25) is 34.6 Å². The lowest BCUT2D eigenvalue weighted by atomic mass is 9.98. The average Bonchev–Trinajstić information content (AvgIpc) is 3.85. The minimum absolute atomic E-state index is 0.317. The zero-order chi connectivity index (χ0) is 37.2. The summed E-state index contributed by atoms with van der Waals surface area (Å²) in [6.45, 7) is 1.74. The summed E-state index contributed by atoms with van der Waals surface area (Å²) in [7, 11) is 0. The molecular formula is C35H30N8O8S2. The van der Waals surface area contributed by atoms with Gasteiger partial charge in [-0.1, -0.05) is 12.1 Å². The van der Waals surface area contributed by atoms with Crippen molar-refractivity contribution in [2.24, 2.45) is 5.92 Å². The molecule has 270 valence electrons. The first-order chi connectivity index (χ1) is 25.5. The van der Waals surface area contributed by atoms with E-state index in [1.807, 2.05) is 29.2 Å².